The number of unbranched alkanes of at least 4 members (excludes halogenated alkanes) is 1. The van der Waals surface area contributed by atoms with Gasteiger partial charge in [0.05, 0.1) is 4.90 Å². The summed E-state index contributed by atoms with van der Waals surface area (Å²) < 4.78 is 33.0. The first kappa shape index (κ1) is 20.4. The lowest BCUT2D eigenvalue weighted by Crippen LogP contribution is -2.39. The Hall–Kier alpha value is -2.37. The van der Waals surface area contributed by atoms with Crippen molar-refractivity contribution in [3.05, 3.63) is 30.0 Å². The normalized spacial score (nSPS) is 18.0. The lowest BCUT2D eigenvalue weighted by Gasteiger charge is -2.30. The minimum atomic E-state index is -3.50. The maximum atomic E-state index is 12.9. The van der Waals surface area contributed by atoms with Crippen LogP contribution in [0.1, 0.15) is 45.2 Å². The Morgan fingerprint density at radius 3 is 2.75 bits per heavy atom. The molecule has 1 aliphatic heterocycles. The number of piperidine rings is 1. The van der Waals surface area contributed by atoms with E-state index >= 15 is 0 Å². The fourth-order valence-electron chi connectivity index (χ4n) is 3.30. The van der Waals surface area contributed by atoms with Crippen LogP contribution in [0.3, 0.4) is 0 Å². The molecule has 1 atom stereocenters. The predicted octanol–water partition coefficient (Wildman–Crippen LogP) is 3.85. The molecule has 1 fully saturated rings. The monoisotopic (exact) mass is 402 g/mol. The van der Waals surface area contributed by atoms with E-state index in [1.165, 1.54) is 0 Å². The van der Waals surface area contributed by atoms with E-state index in [0.717, 1.165) is 25.7 Å². The smallest absolute Gasteiger partial charge is 0.243 e. The van der Waals surface area contributed by atoms with E-state index in [4.69, 9.17) is 4.42 Å². The highest BCUT2D eigenvalue weighted by Crippen LogP contribution is 2.28. The molecule has 2 aromatic rings. The van der Waals surface area contributed by atoms with Crippen molar-refractivity contribution in [2.24, 2.45) is 5.92 Å². The lowest BCUT2D eigenvalue weighted by atomic mass is 10.0. The molecule has 0 bridgehead atoms. The molecule has 0 spiro atoms. The van der Waals surface area contributed by atoms with Gasteiger partial charge in [0.15, 0.2) is 0 Å². The average molecular weight is 403 g/mol. The van der Waals surface area contributed by atoms with Crippen molar-refractivity contribution in [2.75, 3.05) is 25.0 Å². The number of sulfonamides is 1. The van der Waals surface area contributed by atoms with Crippen molar-refractivity contribution >= 4 is 15.9 Å². The van der Waals surface area contributed by atoms with Crippen molar-refractivity contribution in [3.63, 3.8) is 0 Å². The van der Waals surface area contributed by atoms with Crippen molar-refractivity contribution < 1.29 is 12.8 Å². The Morgan fingerprint density at radius 1 is 1.36 bits per heavy atom. The van der Waals surface area contributed by atoms with Crippen molar-refractivity contribution in [1.82, 2.24) is 9.29 Å². The predicted molar refractivity (Wildman–Crippen MR) is 107 cm³/mol. The molecule has 3 rings (SSSR count). The van der Waals surface area contributed by atoms with Crippen molar-refractivity contribution in [3.8, 4) is 17.5 Å². The fraction of sp³-hybridized carbons (Fsp3) is 0.500. The third-order valence-corrected chi connectivity index (χ3v) is 6.79. The number of hydrogen-bond acceptors (Lipinski definition) is 6. The van der Waals surface area contributed by atoms with E-state index < -0.39 is 10.0 Å². The van der Waals surface area contributed by atoms with E-state index in [-0.39, 0.29) is 10.6 Å². The quantitative estimate of drug-likeness (QED) is 0.706. The van der Waals surface area contributed by atoms with Crippen LogP contribution in [0.25, 0.3) is 11.5 Å². The van der Waals surface area contributed by atoms with Gasteiger partial charge in [0.1, 0.15) is 6.07 Å². The first-order valence-electron chi connectivity index (χ1n) is 9.71. The van der Waals surface area contributed by atoms with Gasteiger partial charge >= 0.3 is 0 Å². The summed E-state index contributed by atoms with van der Waals surface area (Å²) in [4.78, 5) is 4.48. The second-order valence-electron chi connectivity index (χ2n) is 7.22. The highest BCUT2D eigenvalue weighted by atomic mass is 32.2. The zero-order valence-corrected chi connectivity index (χ0v) is 17.1. The SMILES string of the molecule is CCCCNc1oc(-c2ccc(S(=O)(=O)N3CCC[C@H](C)C3)cc2)nc1C#N. The van der Waals surface area contributed by atoms with Crippen LogP contribution >= 0.6 is 0 Å². The van der Waals surface area contributed by atoms with E-state index in [9.17, 15) is 13.7 Å². The molecule has 8 heteroatoms. The lowest BCUT2D eigenvalue weighted by molar-refractivity contribution is 0.281. The summed E-state index contributed by atoms with van der Waals surface area (Å²) in [5.41, 5.74) is 0.830. The number of nitrogens with one attached hydrogen (secondary N) is 1. The molecule has 1 aromatic carbocycles. The highest BCUT2D eigenvalue weighted by Gasteiger charge is 2.28. The molecule has 0 amide bonds. The van der Waals surface area contributed by atoms with Crippen molar-refractivity contribution in [1.29, 1.82) is 5.26 Å². The van der Waals surface area contributed by atoms with Gasteiger partial charge in [0.2, 0.25) is 27.5 Å². The molecule has 1 saturated heterocycles. The van der Waals surface area contributed by atoms with Gasteiger partial charge in [-0.3, -0.25) is 0 Å². The van der Waals surface area contributed by atoms with Gasteiger partial charge in [-0.05, 0) is 49.4 Å². The molecule has 0 unspecified atom stereocenters. The minimum absolute atomic E-state index is 0.199. The van der Waals surface area contributed by atoms with E-state index in [1.54, 1.807) is 28.6 Å². The van der Waals surface area contributed by atoms with Gasteiger partial charge in [-0.15, -0.1) is 0 Å². The maximum Gasteiger partial charge on any atom is 0.243 e. The molecule has 28 heavy (non-hydrogen) atoms. The summed E-state index contributed by atoms with van der Waals surface area (Å²) in [5, 5.41) is 12.3. The number of nitriles is 1. The molecule has 0 aliphatic carbocycles. The van der Waals surface area contributed by atoms with Crippen LogP contribution in [0.15, 0.2) is 33.6 Å². The van der Waals surface area contributed by atoms with Crippen LogP contribution < -0.4 is 5.32 Å². The van der Waals surface area contributed by atoms with Gasteiger partial charge in [-0.25, -0.2) is 8.42 Å². The summed E-state index contributed by atoms with van der Waals surface area (Å²) in [6.45, 7) is 5.98. The van der Waals surface area contributed by atoms with Crippen LogP contribution in [-0.2, 0) is 10.0 Å². The Bertz CT molecular complexity index is 945. The number of benzene rings is 1. The Kier molecular flexibility index (Phi) is 6.37. The second kappa shape index (κ2) is 8.76. The number of rotatable bonds is 7. The zero-order chi connectivity index (χ0) is 20.1. The third kappa shape index (κ3) is 4.37. The molecule has 1 N–H and O–H groups in total. The first-order valence-corrected chi connectivity index (χ1v) is 11.1. The number of oxazole rings is 1. The van der Waals surface area contributed by atoms with Crippen LogP contribution in [0, 0.1) is 17.2 Å². The number of hydrogen-bond donors (Lipinski definition) is 1. The topological polar surface area (TPSA) is 99.2 Å². The maximum absolute atomic E-state index is 12.9. The van der Waals surface area contributed by atoms with Crippen LogP contribution in [0.4, 0.5) is 5.88 Å². The van der Waals surface area contributed by atoms with Crippen molar-refractivity contribution in [2.45, 2.75) is 44.4 Å². The number of nitrogens with zero attached hydrogens (tertiary/aromatic N) is 3. The summed E-state index contributed by atoms with van der Waals surface area (Å²) in [6, 6.07) is 8.51. The summed E-state index contributed by atoms with van der Waals surface area (Å²) in [7, 11) is -3.50. The van der Waals surface area contributed by atoms with Crippen LogP contribution in [0.2, 0.25) is 0 Å². The van der Waals surface area contributed by atoms with E-state index in [2.05, 4.69) is 24.1 Å². The molecule has 150 valence electrons. The highest BCUT2D eigenvalue weighted by molar-refractivity contribution is 7.89. The number of anilines is 1. The molecule has 1 aliphatic rings. The fourth-order valence-corrected chi connectivity index (χ4v) is 4.90. The second-order valence-corrected chi connectivity index (χ2v) is 9.16. The Morgan fingerprint density at radius 2 is 2.11 bits per heavy atom. The summed E-state index contributed by atoms with van der Waals surface area (Å²) in [5.74, 6) is 1.02. The summed E-state index contributed by atoms with van der Waals surface area (Å²) in [6.07, 6.45) is 3.94. The molecule has 7 nitrogen and oxygen atoms in total. The number of aromatic nitrogens is 1. The zero-order valence-electron chi connectivity index (χ0n) is 16.3. The first-order chi connectivity index (χ1) is 13.5. The van der Waals surface area contributed by atoms with Crippen LogP contribution in [-0.4, -0.2) is 37.3 Å². The van der Waals surface area contributed by atoms with E-state index in [1.807, 2.05) is 6.07 Å². The van der Waals surface area contributed by atoms with Gasteiger partial charge < -0.3 is 9.73 Å². The van der Waals surface area contributed by atoms with Crippen LogP contribution in [0.5, 0.6) is 0 Å². The van der Waals surface area contributed by atoms with Gasteiger partial charge in [-0.2, -0.15) is 14.6 Å². The molecule has 2 heterocycles. The summed E-state index contributed by atoms with van der Waals surface area (Å²) >= 11 is 0. The molecule has 0 radical (unpaired) electrons. The minimum Gasteiger partial charge on any atom is -0.419 e. The molecular weight excluding hydrogens is 376 g/mol. The Labute approximate surface area is 166 Å². The molecule has 0 saturated carbocycles. The van der Waals surface area contributed by atoms with Gasteiger partial charge in [0.25, 0.3) is 0 Å². The standard InChI is InChI=1S/C20H26N4O3S/c1-3-4-11-22-20-18(13-21)23-19(27-20)16-7-9-17(10-8-16)28(25,26)24-12-5-6-15(2)14-24/h7-10,15,22H,3-6,11-12,14H2,1-2H3/t15-/m0/s1. The average Bonchev–Trinajstić information content (AvgIpc) is 3.11. The molecule has 1 aromatic heterocycles. The third-order valence-electron chi connectivity index (χ3n) is 4.91. The Balaban J connectivity index is 1.80. The molecular formula is C20H26N4O3S. The van der Waals surface area contributed by atoms with Gasteiger partial charge in [-0.1, -0.05) is 20.3 Å². The largest absolute Gasteiger partial charge is 0.419 e. The van der Waals surface area contributed by atoms with Gasteiger partial charge in [0, 0.05) is 25.2 Å². The van der Waals surface area contributed by atoms with E-state index in [0.29, 0.717) is 42.9 Å².